The largest absolute Gasteiger partial charge is 0.292 e. The van der Waals surface area contributed by atoms with Crippen molar-refractivity contribution in [1.82, 2.24) is 4.90 Å². The fourth-order valence-electron chi connectivity index (χ4n) is 1.24. The van der Waals surface area contributed by atoms with Crippen LogP contribution in [-0.4, -0.2) is 27.3 Å². The van der Waals surface area contributed by atoms with E-state index in [2.05, 4.69) is 47.0 Å². The lowest BCUT2D eigenvalue weighted by molar-refractivity contribution is 0.230. The van der Waals surface area contributed by atoms with Gasteiger partial charge in [-0.05, 0) is 19.8 Å². The first kappa shape index (κ1) is 9.13. The van der Waals surface area contributed by atoms with Gasteiger partial charge in [0, 0.05) is 22.4 Å². The third-order valence-corrected chi connectivity index (χ3v) is 3.56. The number of rotatable bonds is 1. The zero-order valence-electron chi connectivity index (χ0n) is 6.26. The molecule has 0 radical (unpaired) electrons. The van der Waals surface area contributed by atoms with E-state index in [0.29, 0.717) is 5.37 Å². The van der Waals surface area contributed by atoms with E-state index in [1.165, 1.54) is 25.9 Å². The minimum absolute atomic E-state index is 0.448. The highest BCUT2D eigenvalue weighted by Crippen LogP contribution is 2.20. The maximum Gasteiger partial charge on any atom is 0.0499 e. The molecule has 1 aliphatic heterocycles. The molecule has 0 aromatic rings. The van der Waals surface area contributed by atoms with Gasteiger partial charge in [-0.15, -0.1) is 0 Å². The lowest BCUT2D eigenvalue weighted by atomic mass is 10.1. The van der Waals surface area contributed by atoms with Crippen LogP contribution >= 0.6 is 35.2 Å². The Morgan fingerprint density at radius 2 is 2.00 bits per heavy atom. The van der Waals surface area contributed by atoms with Crippen LogP contribution in [0.3, 0.4) is 0 Å². The van der Waals surface area contributed by atoms with E-state index in [0.717, 1.165) is 3.92 Å². The van der Waals surface area contributed by atoms with E-state index < -0.39 is 0 Å². The topological polar surface area (TPSA) is 3.24 Å². The molecule has 1 aliphatic rings. The zero-order chi connectivity index (χ0) is 7.56. The van der Waals surface area contributed by atoms with Crippen LogP contribution in [0, 0.1) is 0 Å². The van der Waals surface area contributed by atoms with Crippen molar-refractivity contribution in [3.8, 4) is 0 Å². The Bertz CT molecular complexity index is 99.8. The van der Waals surface area contributed by atoms with E-state index in [1.54, 1.807) is 0 Å². The van der Waals surface area contributed by atoms with Gasteiger partial charge in [-0.25, -0.2) is 0 Å². The monoisotopic (exact) mass is 271 g/mol. The van der Waals surface area contributed by atoms with Gasteiger partial charge in [0.1, 0.15) is 0 Å². The van der Waals surface area contributed by atoms with Crippen LogP contribution in [0.1, 0.15) is 19.8 Å². The van der Waals surface area contributed by atoms with Crippen molar-refractivity contribution in [3.05, 3.63) is 0 Å². The summed E-state index contributed by atoms with van der Waals surface area (Å²) in [6, 6.07) is 0. The quantitative estimate of drug-likeness (QED) is 0.434. The summed E-state index contributed by atoms with van der Waals surface area (Å²) < 4.78 is 0.904. The Hall–Kier alpha value is 1.04. The lowest BCUT2D eigenvalue weighted by Crippen LogP contribution is -2.37. The summed E-state index contributed by atoms with van der Waals surface area (Å²) in [6.45, 7) is 4.62. The maximum absolute atomic E-state index is 4.39. The van der Waals surface area contributed by atoms with Crippen molar-refractivity contribution >= 4 is 35.2 Å². The highest BCUT2D eigenvalue weighted by molar-refractivity contribution is 14.1. The number of likely N-dealkylation sites (tertiary alicyclic amines) is 1. The second-order valence-corrected chi connectivity index (χ2v) is 5.35. The van der Waals surface area contributed by atoms with Crippen LogP contribution < -0.4 is 0 Å². The predicted octanol–water partition coefficient (Wildman–Crippen LogP) is 2.16. The Kier molecular flexibility index (Phi) is 3.80. The van der Waals surface area contributed by atoms with Gasteiger partial charge in [0.05, 0.1) is 0 Å². The molecule has 0 amide bonds. The van der Waals surface area contributed by atoms with Crippen LogP contribution in [0.15, 0.2) is 0 Å². The summed E-state index contributed by atoms with van der Waals surface area (Å²) in [5, 5.41) is 0.448. The smallest absolute Gasteiger partial charge is 0.0499 e. The lowest BCUT2D eigenvalue weighted by Gasteiger charge is -2.31. The summed E-state index contributed by atoms with van der Waals surface area (Å²) in [5.74, 6) is 0. The molecule has 1 fully saturated rings. The van der Waals surface area contributed by atoms with E-state index in [-0.39, 0.29) is 0 Å². The number of hydrogen-bond acceptors (Lipinski definition) is 2. The van der Waals surface area contributed by atoms with E-state index in [4.69, 9.17) is 0 Å². The van der Waals surface area contributed by atoms with Crippen molar-refractivity contribution in [2.24, 2.45) is 0 Å². The molecule has 1 saturated heterocycles. The Morgan fingerprint density at radius 3 is 2.40 bits per heavy atom. The van der Waals surface area contributed by atoms with Gasteiger partial charge < -0.3 is 0 Å². The normalized spacial score (nSPS) is 26.7. The fraction of sp³-hybridized carbons (Fsp3) is 1.00. The van der Waals surface area contributed by atoms with Gasteiger partial charge in [-0.1, -0.05) is 22.6 Å². The van der Waals surface area contributed by atoms with Crippen LogP contribution in [0.4, 0.5) is 0 Å². The summed E-state index contributed by atoms with van der Waals surface area (Å²) in [7, 11) is 0. The van der Waals surface area contributed by atoms with Crippen molar-refractivity contribution < 1.29 is 0 Å². The molecule has 0 aliphatic carbocycles. The molecule has 0 N–H and O–H groups in total. The highest BCUT2D eigenvalue weighted by Gasteiger charge is 2.18. The summed E-state index contributed by atoms with van der Waals surface area (Å²) >= 11 is 6.93. The van der Waals surface area contributed by atoms with Gasteiger partial charge in [0.25, 0.3) is 0 Å². The highest BCUT2D eigenvalue weighted by atomic mass is 127. The van der Waals surface area contributed by atoms with E-state index in [1.807, 2.05) is 0 Å². The van der Waals surface area contributed by atoms with Crippen molar-refractivity contribution in [3.63, 3.8) is 0 Å². The molecule has 0 bridgehead atoms. The molecule has 0 aromatic heterocycles. The Morgan fingerprint density at radius 1 is 1.50 bits per heavy atom. The molecule has 60 valence electrons. The van der Waals surface area contributed by atoms with E-state index >= 15 is 0 Å². The first-order valence-electron chi connectivity index (χ1n) is 3.76. The van der Waals surface area contributed by atoms with Gasteiger partial charge >= 0.3 is 0 Å². The van der Waals surface area contributed by atoms with Gasteiger partial charge in [0.2, 0.25) is 0 Å². The van der Waals surface area contributed by atoms with Crippen LogP contribution in [0.2, 0.25) is 0 Å². The third kappa shape index (κ3) is 2.58. The fourth-order valence-corrected chi connectivity index (χ4v) is 2.03. The Balaban J connectivity index is 2.26. The number of nitrogens with zero attached hydrogens (tertiary/aromatic N) is 1. The standard InChI is InChI=1S/C7H14INS/c1-6(10)9-4-2-7(8)3-5-9/h6-7,10H,2-5H2,1H3. The zero-order valence-corrected chi connectivity index (χ0v) is 9.31. The third-order valence-electron chi connectivity index (χ3n) is 1.99. The molecular formula is C7H14INS. The molecule has 10 heavy (non-hydrogen) atoms. The minimum Gasteiger partial charge on any atom is -0.292 e. The van der Waals surface area contributed by atoms with Gasteiger partial charge in [0.15, 0.2) is 0 Å². The SMILES string of the molecule is CC(S)N1CCC(I)CC1. The number of hydrogen-bond donors (Lipinski definition) is 1. The van der Waals surface area contributed by atoms with Crippen molar-refractivity contribution in [2.75, 3.05) is 13.1 Å². The number of thiol groups is 1. The van der Waals surface area contributed by atoms with Crippen molar-refractivity contribution in [1.29, 1.82) is 0 Å². The maximum atomic E-state index is 4.39. The number of piperidine rings is 1. The molecule has 3 heteroatoms. The summed E-state index contributed by atoms with van der Waals surface area (Å²) in [5.41, 5.74) is 0. The minimum atomic E-state index is 0.448. The molecule has 1 heterocycles. The second-order valence-electron chi connectivity index (χ2n) is 2.84. The molecule has 0 spiro atoms. The first-order valence-corrected chi connectivity index (χ1v) is 5.52. The summed E-state index contributed by atoms with van der Waals surface area (Å²) in [6.07, 6.45) is 2.68. The van der Waals surface area contributed by atoms with Crippen LogP contribution in [0.25, 0.3) is 0 Å². The molecule has 1 unspecified atom stereocenters. The number of alkyl halides is 1. The predicted molar refractivity (Wildman–Crippen MR) is 57.1 cm³/mol. The molecule has 0 aromatic carbocycles. The first-order chi connectivity index (χ1) is 4.70. The van der Waals surface area contributed by atoms with E-state index in [9.17, 15) is 0 Å². The molecule has 1 rings (SSSR count). The van der Waals surface area contributed by atoms with Gasteiger partial charge in [-0.3, -0.25) is 4.90 Å². The summed E-state index contributed by atoms with van der Waals surface area (Å²) in [4.78, 5) is 2.43. The second kappa shape index (κ2) is 4.16. The molecule has 1 atom stereocenters. The molecule has 1 nitrogen and oxygen atoms in total. The van der Waals surface area contributed by atoms with Crippen LogP contribution in [-0.2, 0) is 0 Å². The Labute approximate surface area is 82.1 Å². The molecule has 0 saturated carbocycles. The van der Waals surface area contributed by atoms with Gasteiger partial charge in [-0.2, -0.15) is 12.6 Å². The molecular weight excluding hydrogens is 257 g/mol. The average molecular weight is 271 g/mol. The average Bonchev–Trinajstić information content (AvgIpc) is 1.88. The van der Waals surface area contributed by atoms with Crippen LogP contribution in [0.5, 0.6) is 0 Å². The van der Waals surface area contributed by atoms with Crippen molar-refractivity contribution in [2.45, 2.75) is 29.1 Å². The number of halogens is 1.